The van der Waals surface area contributed by atoms with E-state index >= 15 is 0 Å². The predicted molar refractivity (Wildman–Crippen MR) is 61.6 cm³/mol. The van der Waals surface area contributed by atoms with E-state index in [1.165, 1.54) is 11.3 Å². The van der Waals surface area contributed by atoms with Gasteiger partial charge >= 0.3 is 0 Å². The molecule has 0 atom stereocenters. The third-order valence-corrected chi connectivity index (χ3v) is 3.39. The maximum absolute atomic E-state index is 11.5. The van der Waals surface area contributed by atoms with Gasteiger partial charge in [0, 0.05) is 4.70 Å². The quantitative estimate of drug-likeness (QED) is 0.579. The van der Waals surface area contributed by atoms with Crippen molar-refractivity contribution >= 4 is 50.4 Å². The van der Waals surface area contributed by atoms with Crippen LogP contribution in [0.2, 0.25) is 0 Å². The lowest BCUT2D eigenvalue weighted by Gasteiger charge is -1.94. The summed E-state index contributed by atoms with van der Waals surface area (Å²) in [7, 11) is 0. The summed E-state index contributed by atoms with van der Waals surface area (Å²) in [6, 6.07) is 9.61. The highest BCUT2D eigenvalue weighted by Crippen LogP contribution is 2.27. The Morgan fingerprint density at radius 1 is 1.29 bits per heavy atom. The van der Waals surface area contributed by atoms with Crippen LogP contribution in [0.3, 0.4) is 0 Å². The lowest BCUT2D eigenvalue weighted by atomic mass is 10.2. The van der Waals surface area contributed by atoms with Crippen LogP contribution < -0.4 is 0 Å². The first-order chi connectivity index (χ1) is 6.68. The Kier molecular flexibility index (Phi) is 2.77. The van der Waals surface area contributed by atoms with Gasteiger partial charge in [-0.1, -0.05) is 41.4 Å². The SMILES string of the molecule is O=C(c1cc2ccccc2s1)C(Cl)Cl. The van der Waals surface area contributed by atoms with E-state index in [-0.39, 0.29) is 5.78 Å². The van der Waals surface area contributed by atoms with Gasteiger partial charge < -0.3 is 0 Å². The minimum Gasteiger partial charge on any atom is -0.290 e. The molecule has 0 saturated carbocycles. The number of alkyl halides is 2. The summed E-state index contributed by atoms with van der Waals surface area (Å²) in [5.74, 6) is -0.227. The zero-order valence-corrected chi connectivity index (χ0v) is 9.36. The van der Waals surface area contributed by atoms with Gasteiger partial charge in [-0.3, -0.25) is 4.79 Å². The fourth-order valence-corrected chi connectivity index (χ4v) is 2.61. The fraction of sp³-hybridized carbons (Fsp3) is 0.100. The lowest BCUT2D eigenvalue weighted by Crippen LogP contribution is -2.05. The highest BCUT2D eigenvalue weighted by molar-refractivity contribution is 7.21. The lowest BCUT2D eigenvalue weighted by molar-refractivity contribution is 0.101. The highest BCUT2D eigenvalue weighted by Gasteiger charge is 2.16. The molecular weight excluding hydrogens is 239 g/mol. The van der Waals surface area contributed by atoms with Crippen LogP contribution in [0.4, 0.5) is 0 Å². The fourth-order valence-electron chi connectivity index (χ4n) is 1.21. The number of ketones is 1. The van der Waals surface area contributed by atoms with Gasteiger partial charge in [-0.15, -0.1) is 11.3 Å². The van der Waals surface area contributed by atoms with Crippen molar-refractivity contribution in [2.24, 2.45) is 0 Å². The first-order valence-corrected chi connectivity index (χ1v) is 5.68. The number of rotatable bonds is 2. The molecule has 0 unspecified atom stereocenters. The summed E-state index contributed by atoms with van der Waals surface area (Å²) in [5, 5.41) is 1.05. The molecule has 4 heteroatoms. The van der Waals surface area contributed by atoms with E-state index in [9.17, 15) is 4.79 Å². The molecule has 1 aromatic heterocycles. The van der Waals surface area contributed by atoms with Crippen molar-refractivity contribution in [2.75, 3.05) is 0 Å². The molecule has 1 aromatic carbocycles. The van der Waals surface area contributed by atoms with Crippen LogP contribution in [0.25, 0.3) is 10.1 Å². The van der Waals surface area contributed by atoms with Gasteiger partial charge in [-0.2, -0.15) is 0 Å². The van der Waals surface area contributed by atoms with Crippen LogP contribution >= 0.6 is 34.5 Å². The van der Waals surface area contributed by atoms with Crippen molar-refractivity contribution in [3.8, 4) is 0 Å². The van der Waals surface area contributed by atoms with Crippen LogP contribution in [0.1, 0.15) is 9.67 Å². The van der Waals surface area contributed by atoms with Gasteiger partial charge in [-0.05, 0) is 17.5 Å². The smallest absolute Gasteiger partial charge is 0.205 e. The van der Waals surface area contributed by atoms with E-state index in [0.717, 1.165) is 10.1 Å². The monoisotopic (exact) mass is 244 g/mol. The predicted octanol–water partition coefficient (Wildman–Crippen LogP) is 3.89. The molecule has 0 bridgehead atoms. The molecular formula is C10H6Cl2OS. The zero-order valence-electron chi connectivity index (χ0n) is 7.04. The third kappa shape index (κ3) is 1.78. The molecule has 14 heavy (non-hydrogen) atoms. The summed E-state index contributed by atoms with van der Waals surface area (Å²) in [4.78, 5) is 11.1. The summed E-state index contributed by atoms with van der Waals surface area (Å²) < 4.78 is 1.07. The second-order valence-corrected chi connectivity index (χ2v) is 4.99. The van der Waals surface area contributed by atoms with Crippen molar-refractivity contribution in [2.45, 2.75) is 4.84 Å². The molecule has 2 aromatic rings. The summed E-state index contributed by atoms with van der Waals surface area (Å²) in [6.07, 6.45) is 0. The average Bonchev–Trinajstić information content (AvgIpc) is 2.59. The van der Waals surface area contributed by atoms with Gasteiger partial charge in [0.25, 0.3) is 0 Å². The number of hydrogen-bond donors (Lipinski definition) is 0. The first-order valence-electron chi connectivity index (χ1n) is 3.99. The minimum absolute atomic E-state index is 0.227. The van der Waals surface area contributed by atoms with Crippen molar-refractivity contribution in [3.63, 3.8) is 0 Å². The number of carbonyl (C=O) groups excluding carboxylic acids is 1. The maximum Gasteiger partial charge on any atom is 0.205 e. The highest BCUT2D eigenvalue weighted by atomic mass is 35.5. The van der Waals surface area contributed by atoms with Crippen LogP contribution in [0.15, 0.2) is 30.3 Å². The maximum atomic E-state index is 11.5. The summed E-state index contributed by atoms with van der Waals surface area (Å²) in [6.45, 7) is 0. The Morgan fingerprint density at radius 3 is 2.64 bits per heavy atom. The Morgan fingerprint density at radius 2 is 2.00 bits per heavy atom. The molecule has 0 aliphatic rings. The molecule has 72 valence electrons. The molecule has 0 saturated heterocycles. The van der Waals surface area contributed by atoms with Gasteiger partial charge in [0.2, 0.25) is 5.78 Å². The third-order valence-electron chi connectivity index (χ3n) is 1.87. The van der Waals surface area contributed by atoms with E-state index in [4.69, 9.17) is 23.2 Å². The Labute approximate surface area is 95.3 Å². The van der Waals surface area contributed by atoms with Crippen LogP contribution in [0, 0.1) is 0 Å². The van der Waals surface area contributed by atoms with E-state index in [2.05, 4.69) is 0 Å². The van der Waals surface area contributed by atoms with E-state index < -0.39 is 4.84 Å². The number of halogens is 2. The average molecular weight is 245 g/mol. The molecule has 0 amide bonds. The molecule has 0 N–H and O–H groups in total. The Balaban J connectivity index is 2.50. The molecule has 0 spiro atoms. The largest absolute Gasteiger partial charge is 0.290 e. The number of fused-ring (bicyclic) bond motifs is 1. The number of carbonyl (C=O) groups is 1. The number of Topliss-reactive ketones (excluding diaryl/α,β-unsaturated/α-hetero) is 1. The number of hydrogen-bond acceptors (Lipinski definition) is 2. The van der Waals surface area contributed by atoms with Gasteiger partial charge in [0.05, 0.1) is 4.88 Å². The molecule has 0 radical (unpaired) electrons. The zero-order chi connectivity index (χ0) is 10.1. The number of benzene rings is 1. The van der Waals surface area contributed by atoms with E-state index in [1.807, 2.05) is 30.3 Å². The second-order valence-electron chi connectivity index (χ2n) is 2.81. The normalized spacial score (nSPS) is 11.1. The molecule has 0 aliphatic heterocycles. The van der Waals surface area contributed by atoms with Crippen molar-refractivity contribution < 1.29 is 4.79 Å². The van der Waals surface area contributed by atoms with Crippen molar-refractivity contribution in [3.05, 3.63) is 35.2 Å². The molecule has 0 aliphatic carbocycles. The van der Waals surface area contributed by atoms with Gasteiger partial charge in [0.15, 0.2) is 4.84 Å². The van der Waals surface area contributed by atoms with Crippen LogP contribution in [-0.4, -0.2) is 10.6 Å². The molecule has 2 rings (SSSR count). The summed E-state index contributed by atoms with van der Waals surface area (Å²) in [5.41, 5.74) is 0. The first kappa shape index (κ1) is 9.97. The van der Waals surface area contributed by atoms with Gasteiger partial charge in [0.1, 0.15) is 0 Å². The number of thiophene rings is 1. The van der Waals surface area contributed by atoms with E-state index in [1.54, 1.807) is 0 Å². The van der Waals surface area contributed by atoms with E-state index in [0.29, 0.717) is 4.88 Å². The molecule has 1 heterocycles. The second kappa shape index (κ2) is 3.89. The Hall–Kier alpha value is -0.570. The standard InChI is InChI=1S/C10H6Cl2OS/c11-10(12)9(13)8-5-6-3-1-2-4-7(6)14-8/h1-5,10H. The van der Waals surface area contributed by atoms with Crippen molar-refractivity contribution in [1.82, 2.24) is 0 Å². The van der Waals surface area contributed by atoms with Crippen LogP contribution in [0.5, 0.6) is 0 Å². The van der Waals surface area contributed by atoms with Crippen molar-refractivity contribution in [1.29, 1.82) is 0 Å². The minimum atomic E-state index is -0.969. The van der Waals surface area contributed by atoms with Gasteiger partial charge in [-0.25, -0.2) is 0 Å². The Bertz CT molecular complexity index is 443. The molecule has 1 nitrogen and oxygen atoms in total. The summed E-state index contributed by atoms with van der Waals surface area (Å²) >= 11 is 12.4. The molecule has 0 fully saturated rings. The van der Waals surface area contributed by atoms with Crippen LogP contribution in [-0.2, 0) is 0 Å². The topological polar surface area (TPSA) is 17.1 Å².